The summed E-state index contributed by atoms with van der Waals surface area (Å²) < 4.78 is 5.89. The molecule has 0 aromatic heterocycles. The van der Waals surface area contributed by atoms with E-state index in [0.717, 1.165) is 37.9 Å². The number of carbonyl (C=O) groups excluding carboxylic acids is 1. The van der Waals surface area contributed by atoms with Crippen molar-refractivity contribution in [2.75, 3.05) is 0 Å². The van der Waals surface area contributed by atoms with Gasteiger partial charge in [0.05, 0.1) is 0 Å². The van der Waals surface area contributed by atoms with Gasteiger partial charge in [-0.25, -0.2) is 0 Å². The Morgan fingerprint density at radius 3 is 2.30 bits per heavy atom. The third kappa shape index (κ3) is 3.97. The maximum absolute atomic E-state index is 12.0. The highest BCUT2D eigenvalue weighted by Gasteiger charge is 2.48. The van der Waals surface area contributed by atoms with E-state index in [9.17, 15) is 4.79 Å². The van der Waals surface area contributed by atoms with Gasteiger partial charge in [-0.05, 0) is 70.8 Å². The predicted molar refractivity (Wildman–Crippen MR) is 95.9 cm³/mol. The summed E-state index contributed by atoms with van der Waals surface area (Å²) in [4.78, 5) is 12.0. The molecule has 0 spiro atoms. The second kappa shape index (κ2) is 6.67. The van der Waals surface area contributed by atoms with Crippen LogP contribution >= 0.6 is 0 Å². The first-order chi connectivity index (χ1) is 10.7. The molecule has 0 bridgehead atoms. The minimum Gasteiger partial charge on any atom is -0.430 e. The molecule has 2 heteroatoms. The Hall–Kier alpha value is -1.31. The average molecular weight is 316 g/mol. The highest BCUT2D eigenvalue weighted by molar-refractivity contribution is 5.72. The standard InChI is InChI=1S/C21H32O2/c1-15(2)7-8-17-19-21(11-9-16(3)4,12-10-18(22)23-19)14-13-20(17,5)6/h7,9H,8,10-14H2,1-6H3. The number of ether oxygens (including phenoxy) is 1. The van der Waals surface area contributed by atoms with E-state index in [1.807, 2.05) is 0 Å². The van der Waals surface area contributed by atoms with Gasteiger partial charge >= 0.3 is 5.97 Å². The van der Waals surface area contributed by atoms with Crippen molar-refractivity contribution in [1.29, 1.82) is 0 Å². The fraction of sp³-hybridized carbons (Fsp3) is 0.667. The second-order valence-corrected chi connectivity index (χ2v) is 8.42. The van der Waals surface area contributed by atoms with E-state index in [2.05, 4.69) is 53.7 Å². The largest absolute Gasteiger partial charge is 0.430 e. The molecule has 2 rings (SSSR count). The van der Waals surface area contributed by atoms with Gasteiger partial charge in [-0.3, -0.25) is 4.79 Å². The van der Waals surface area contributed by atoms with Crippen LogP contribution in [0.25, 0.3) is 0 Å². The maximum atomic E-state index is 12.0. The molecule has 0 radical (unpaired) electrons. The fourth-order valence-corrected chi connectivity index (χ4v) is 3.73. The number of hydrogen-bond donors (Lipinski definition) is 0. The molecule has 2 aliphatic rings. The zero-order valence-corrected chi connectivity index (χ0v) is 15.7. The molecule has 0 saturated carbocycles. The van der Waals surface area contributed by atoms with Gasteiger partial charge in [0.15, 0.2) is 0 Å². The highest BCUT2D eigenvalue weighted by atomic mass is 16.5. The maximum Gasteiger partial charge on any atom is 0.310 e. The average Bonchev–Trinajstić information content (AvgIpc) is 2.44. The van der Waals surface area contributed by atoms with Crippen LogP contribution in [0.1, 0.15) is 80.1 Å². The summed E-state index contributed by atoms with van der Waals surface area (Å²) in [7, 11) is 0. The molecule has 0 aromatic carbocycles. The van der Waals surface area contributed by atoms with Crippen LogP contribution in [0.5, 0.6) is 0 Å². The van der Waals surface area contributed by atoms with E-state index in [4.69, 9.17) is 4.74 Å². The molecule has 0 amide bonds. The minimum absolute atomic E-state index is 0.0333. The summed E-state index contributed by atoms with van der Waals surface area (Å²) in [6, 6.07) is 0. The van der Waals surface area contributed by atoms with Crippen LogP contribution in [-0.4, -0.2) is 5.97 Å². The van der Waals surface area contributed by atoms with Crippen molar-refractivity contribution in [2.24, 2.45) is 10.8 Å². The van der Waals surface area contributed by atoms with Crippen molar-refractivity contribution in [3.63, 3.8) is 0 Å². The molecule has 1 unspecified atom stereocenters. The fourth-order valence-electron chi connectivity index (χ4n) is 3.73. The highest BCUT2D eigenvalue weighted by Crippen LogP contribution is 2.56. The SMILES string of the molecule is CC(C)=CCC1=C2OC(=O)CCC2(CC=C(C)C)CCC1(C)C. The first-order valence-electron chi connectivity index (χ1n) is 8.88. The van der Waals surface area contributed by atoms with Gasteiger partial charge in [0.25, 0.3) is 0 Å². The van der Waals surface area contributed by atoms with Gasteiger partial charge in [-0.15, -0.1) is 0 Å². The van der Waals surface area contributed by atoms with E-state index in [0.29, 0.717) is 6.42 Å². The van der Waals surface area contributed by atoms with E-state index in [-0.39, 0.29) is 16.8 Å². The molecule has 1 aliphatic carbocycles. The van der Waals surface area contributed by atoms with Crippen molar-refractivity contribution in [1.82, 2.24) is 0 Å². The number of allylic oxidation sites excluding steroid dienone is 6. The molecule has 2 nitrogen and oxygen atoms in total. The lowest BCUT2D eigenvalue weighted by molar-refractivity contribution is -0.147. The number of rotatable bonds is 4. The third-order valence-electron chi connectivity index (χ3n) is 5.44. The van der Waals surface area contributed by atoms with E-state index in [1.54, 1.807) is 0 Å². The first-order valence-corrected chi connectivity index (χ1v) is 8.88. The van der Waals surface area contributed by atoms with E-state index in [1.165, 1.54) is 16.7 Å². The molecule has 1 aliphatic heterocycles. The summed E-state index contributed by atoms with van der Waals surface area (Å²) in [5.74, 6) is 0.945. The van der Waals surface area contributed by atoms with Gasteiger partial charge in [0.1, 0.15) is 5.76 Å². The Morgan fingerprint density at radius 1 is 1.04 bits per heavy atom. The Kier molecular flexibility index (Phi) is 5.23. The number of hydrogen-bond acceptors (Lipinski definition) is 2. The van der Waals surface area contributed by atoms with Gasteiger partial charge in [0, 0.05) is 11.8 Å². The molecule has 23 heavy (non-hydrogen) atoms. The van der Waals surface area contributed by atoms with Crippen LogP contribution in [0.3, 0.4) is 0 Å². The molecule has 1 fully saturated rings. The lowest BCUT2D eigenvalue weighted by atomic mass is 9.60. The van der Waals surface area contributed by atoms with Crippen molar-refractivity contribution in [2.45, 2.75) is 80.1 Å². The number of esters is 1. The quantitative estimate of drug-likeness (QED) is 0.463. The van der Waals surface area contributed by atoms with Crippen molar-refractivity contribution >= 4 is 5.97 Å². The molecule has 128 valence electrons. The van der Waals surface area contributed by atoms with Crippen LogP contribution in [0.4, 0.5) is 0 Å². The van der Waals surface area contributed by atoms with E-state index < -0.39 is 0 Å². The Bertz CT molecular complexity index is 567. The van der Waals surface area contributed by atoms with Gasteiger partial charge in [-0.2, -0.15) is 0 Å². The molecule has 1 heterocycles. The Morgan fingerprint density at radius 2 is 1.70 bits per heavy atom. The summed E-state index contributed by atoms with van der Waals surface area (Å²) >= 11 is 0. The van der Waals surface area contributed by atoms with Crippen molar-refractivity contribution in [3.8, 4) is 0 Å². The topological polar surface area (TPSA) is 26.3 Å². The normalized spacial score (nSPS) is 26.3. The van der Waals surface area contributed by atoms with Crippen LogP contribution < -0.4 is 0 Å². The molecular formula is C21H32O2. The summed E-state index contributed by atoms with van der Waals surface area (Å²) in [6.07, 6.45) is 10.2. The second-order valence-electron chi connectivity index (χ2n) is 8.42. The van der Waals surface area contributed by atoms with Gasteiger partial charge in [0.2, 0.25) is 0 Å². The summed E-state index contributed by atoms with van der Waals surface area (Å²) in [6.45, 7) is 13.1. The Balaban J connectivity index is 2.51. The van der Waals surface area contributed by atoms with Crippen molar-refractivity contribution in [3.05, 3.63) is 34.6 Å². The lowest BCUT2D eigenvalue weighted by Gasteiger charge is -2.47. The van der Waals surface area contributed by atoms with Crippen LogP contribution in [0.15, 0.2) is 34.6 Å². The van der Waals surface area contributed by atoms with E-state index >= 15 is 0 Å². The monoisotopic (exact) mass is 316 g/mol. The zero-order chi connectivity index (χ0) is 17.3. The summed E-state index contributed by atoms with van der Waals surface area (Å²) in [5.41, 5.74) is 4.13. The molecule has 0 aromatic rings. The molecular weight excluding hydrogens is 284 g/mol. The van der Waals surface area contributed by atoms with Gasteiger partial charge in [-0.1, -0.05) is 37.1 Å². The zero-order valence-electron chi connectivity index (χ0n) is 15.7. The third-order valence-corrected chi connectivity index (χ3v) is 5.44. The summed E-state index contributed by atoms with van der Waals surface area (Å²) in [5, 5.41) is 0. The number of carbonyl (C=O) groups is 1. The van der Waals surface area contributed by atoms with Crippen LogP contribution in [-0.2, 0) is 9.53 Å². The number of fused-ring (bicyclic) bond motifs is 1. The minimum atomic E-state index is -0.0553. The molecule has 1 atom stereocenters. The smallest absolute Gasteiger partial charge is 0.310 e. The van der Waals surface area contributed by atoms with Crippen LogP contribution in [0, 0.1) is 10.8 Å². The lowest BCUT2D eigenvalue weighted by Crippen LogP contribution is -2.40. The van der Waals surface area contributed by atoms with Gasteiger partial charge < -0.3 is 4.74 Å². The molecule has 0 N–H and O–H groups in total. The van der Waals surface area contributed by atoms with Crippen LogP contribution in [0.2, 0.25) is 0 Å². The molecule has 1 saturated heterocycles. The Labute approximate surface area is 141 Å². The first kappa shape index (κ1) is 18.0. The van der Waals surface area contributed by atoms with Crippen molar-refractivity contribution < 1.29 is 9.53 Å². The predicted octanol–water partition coefficient (Wildman–Crippen LogP) is 6.10.